The van der Waals surface area contributed by atoms with Crippen molar-refractivity contribution in [3.63, 3.8) is 0 Å². The molecule has 5 heteroatoms. The Balaban J connectivity index is 1.86. The van der Waals surface area contributed by atoms with Crippen LogP contribution in [0.4, 0.5) is 0 Å². The van der Waals surface area contributed by atoms with Gasteiger partial charge in [-0.2, -0.15) is 0 Å². The van der Waals surface area contributed by atoms with Gasteiger partial charge in [-0.3, -0.25) is 4.79 Å². The summed E-state index contributed by atoms with van der Waals surface area (Å²) in [6, 6.07) is -0.401. The van der Waals surface area contributed by atoms with E-state index in [1.165, 1.54) is 32.1 Å². The molecule has 2 rings (SSSR count). The van der Waals surface area contributed by atoms with E-state index in [0.717, 1.165) is 24.7 Å². The maximum atomic E-state index is 12.2. The van der Waals surface area contributed by atoms with Crippen LogP contribution < -0.4 is 11.1 Å². The molecule has 4 N–H and O–H groups in total. The zero-order chi connectivity index (χ0) is 13.8. The van der Waals surface area contributed by atoms with E-state index < -0.39 is 6.04 Å². The quantitative estimate of drug-likeness (QED) is 0.315. The lowest BCUT2D eigenvalue weighted by molar-refractivity contribution is -0.127. The van der Waals surface area contributed by atoms with Gasteiger partial charge in [-0.15, -0.1) is 0 Å². The zero-order valence-corrected chi connectivity index (χ0v) is 11.6. The van der Waals surface area contributed by atoms with Crippen LogP contribution in [-0.2, 0) is 4.79 Å². The molecule has 1 amide bonds. The van der Waals surface area contributed by atoms with Gasteiger partial charge in [0.15, 0.2) is 5.84 Å². The summed E-state index contributed by atoms with van der Waals surface area (Å²) in [5.74, 6) is 1.80. The van der Waals surface area contributed by atoms with Crippen molar-refractivity contribution in [2.75, 3.05) is 0 Å². The Morgan fingerprint density at radius 2 is 1.95 bits per heavy atom. The van der Waals surface area contributed by atoms with Crippen LogP contribution in [0, 0.1) is 17.8 Å². The van der Waals surface area contributed by atoms with Crippen molar-refractivity contribution in [1.82, 2.24) is 5.32 Å². The van der Waals surface area contributed by atoms with Gasteiger partial charge < -0.3 is 16.3 Å². The Kier molecular flexibility index (Phi) is 4.66. The van der Waals surface area contributed by atoms with Gasteiger partial charge in [0.25, 0.3) is 0 Å². The Morgan fingerprint density at radius 3 is 2.63 bits per heavy atom. The Bertz CT molecular complexity index is 357. The molecule has 0 aromatic heterocycles. The minimum absolute atomic E-state index is 0.0553. The molecule has 0 spiro atoms. The number of carbonyl (C=O) groups is 1. The molecule has 0 saturated heterocycles. The van der Waals surface area contributed by atoms with E-state index in [1.54, 1.807) is 6.92 Å². The predicted octanol–water partition coefficient (Wildman–Crippen LogP) is 1.84. The first kappa shape index (κ1) is 14.2. The molecule has 0 bridgehead atoms. The van der Waals surface area contributed by atoms with E-state index in [4.69, 9.17) is 10.9 Å². The molecule has 4 unspecified atom stereocenters. The Hall–Kier alpha value is -1.26. The number of nitrogens with zero attached hydrogens (tertiary/aromatic N) is 1. The molecule has 2 aliphatic carbocycles. The van der Waals surface area contributed by atoms with Gasteiger partial charge in [0.2, 0.25) is 5.91 Å². The summed E-state index contributed by atoms with van der Waals surface area (Å²) in [6.07, 6.45) is 8.48. The zero-order valence-electron chi connectivity index (χ0n) is 11.6. The van der Waals surface area contributed by atoms with Crippen LogP contribution in [0.15, 0.2) is 5.16 Å². The molecule has 2 saturated carbocycles. The molecular formula is C14H25N3O2. The van der Waals surface area contributed by atoms with Crippen molar-refractivity contribution in [3.05, 3.63) is 0 Å². The van der Waals surface area contributed by atoms with Crippen molar-refractivity contribution in [2.45, 2.75) is 57.9 Å². The molecule has 0 heterocycles. The van der Waals surface area contributed by atoms with Gasteiger partial charge in [-0.05, 0) is 38.0 Å². The number of carbonyl (C=O) groups excluding carboxylic acids is 1. The van der Waals surface area contributed by atoms with E-state index in [0.29, 0.717) is 0 Å². The first-order valence-corrected chi connectivity index (χ1v) is 7.39. The maximum Gasteiger partial charge on any atom is 0.223 e. The summed E-state index contributed by atoms with van der Waals surface area (Å²) >= 11 is 0. The molecular weight excluding hydrogens is 242 g/mol. The SMILES string of the molecule is CC(NC(=O)C1CCC2CCCCC2C1)C(N)=NO. The normalized spacial score (nSPS) is 33.3. The molecule has 0 aliphatic heterocycles. The lowest BCUT2D eigenvalue weighted by Crippen LogP contribution is -2.46. The van der Waals surface area contributed by atoms with Crippen molar-refractivity contribution in [2.24, 2.45) is 28.6 Å². The van der Waals surface area contributed by atoms with Gasteiger partial charge in [0.1, 0.15) is 0 Å². The average Bonchev–Trinajstić information content (AvgIpc) is 2.45. The molecule has 4 atom stereocenters. The van der Waals surface area contributed by atoms with E-state index in [1.807, 2.05) is 0 Å². The van der Waals surface area contributed by atoms with Crippen LogP contribution >= 0.6 is 0 Å². The Labute approximate surface area is 114 Å². The van der Waals surface area contributed by atoms with E-state index in [9.17, 15) is 4.79 Å². The molecule has 0 radical (unpaired) electrons. The lowest BCUT2D eigenvalue weighted by Gasteiger charge is -2.39. The third-order valence-corrected chi connectivity index (χ3v) is 4.83. The fourth-order valence-corrected chi connectivity index (χ4v) is 3.60. The summed E-state index contributed by atoms with van der Waals surface area (Å²) in [5, 5.41) is 14.4. The van der Waals surface area contributed by atoms with Crippen LogP contribution in [0.1, 0.15) is 51.9 Å². The lowest BCUT2D eigenvalue weighted by atomic mass is 9.67. The maximum absolute atomic E-state index is 12.2. The number of amides is 1. The second kappa shape index (κ2) is 6.26. The second-order valence-electron chi connectivity index (χ2n) is 6.07. The Morgan fingerprint density at radius 1 is 1.26 bits per heavy atom. The number of amidine groups is 1. The van der Waals surface area contributed by atoms with Crippen LogP contribution in [-0.4, -0.2) is 23.0 Å². The number of fused-ring (bicyclic) bond motifs is 1. The summed E-state index contributed by atoms with van der Waals surface area (Å²) in [4.78, 5) is 12.2. The van der Waals surface area contributed by atoms with Crippen LogP contribution in [0.5, 0.6) is 0 Å². The second-order valence-corrected chi connectivity index (χ2v) is 6.07. The first-order chi connectivity index (χ1) is 9.11. The minimum atomic E-state index is -0.401. The number of nitrogens with one attached hydrogen (secondary N) is 1. The molecule has 2 fully saturated rings. The average molecular weight is 267 g/mol. The standard InChI is InChI=1S/C14H25N3O2/c1-9(13(15)17-19)16-14(18)12-7-6-10-4-2-3-5-11(10)8-12/h9-12,19H,2-8H2,1H3,(H2,15,17)(H,16,18). The topological polar surface area (TPSA) is 87.7 Å². The highest BCUT2D eigenvalue weighted by Gasteiger charge is 2.35. The molecule has 19 heavy (non-hydrogen) atoms. The van der Waals surface area contributed by atoms with E-state index in [-0.39, 0.29) is 17.7 Å². The number of rotatable bonds is 3. The molecule has 5 nitrogen and oxygen atoms in total. The van der Waals surface area contributed by atoms with Crippen LogP contribution in [0.2, 0.25) is 0 Å². The van der Waals surface area contributed by atoms with Crippen molar-refractivity contribution in [3.8, 4) is 0 Å². The molecule has 108 valence electrons. The van der Waals surface area contributed by atoms with Crippen molar-refractivity contribution in [1.29, 1.82) is 0 Å². The monoisotopic (exact) mass is 267 g/mol. The third kappa shape index (κ3) is 3.39. The minimum Gasteiger partial charge on any atom is -0.409 e. The van der Waals surface area contributed by atoms with Gasteiger partial charge in [0, 0.05) is 5.92 Å². The smallest absolute Gasteiger partial charge is 0.223 e. The fraction of sp³-hybridized carbons (Fsp3) is 0.857. The highest BCUT2D eigenvalue weighted by molar-refractivity contribution is 5.90. The first-order valence-electron chi connectivity index (χ1n) is 7.39. The van der Waals surface area contributed by atoms with E-state index in [2.05, 4.69) is 10.5 Å². The summed E-state index contributed by atoms with van der Waals surface area (Å²) < 4.78 is 0. The van der Waals surface area contributed by atoms with Gasteiger partial charge >= 0.3 is 0 Å². The molecule has 0 aromatic carbocycles. The van der Waals surface area contributed by atoms with E-state index >= 15 is 0 Å². The van der Waals surface area contributed by atoms with Gasteiger partial charge in [-0.1, -0.05) is 30.8 Å². The highest BCUT2D eigenvalue weighted by Crippen LogP contribution is 2.42. The van der Waals surface area contributed by atoms with Crippen LogP contribution in [0.25, 0.3) is 0 Å². The number of nitrogens with two attached hydrogens (primary N) is 1. The third-order valence-electron chi connectivity index (χ3n) is 4.83. The molecule has 2 aliphatic rings. The predicted molar refractivity (Wildman–Crippen MR) is 73.8 cm³/mol. The van der Waals surface area contributed by atoms with Gasteiger partial charge in [0.05, 0.1) is 6.04 Å². The highest BCUT2D eigenvalue weighted by atomic mass is 16.4. The van der Waals surface area contributed by atoms with Crippen molar-refractivity contribution < 1.29 is 10.0 Å². The van der Waals surface area contributed by atoms with Crippen LogP contribution in [0.3, 0.4) is 0 Å². The largest absolute Gasteiger partial charge is 0.409 e. The number of oxime groups is 1. The van der Waals surface area contributed by atoms with Crippen molar-refractivity contribution >= 4 is 11.7 Å². The summed E-state index contributed by atoms with van der Waals surface area (Å²) in [6.45, 7) is 1.74. The summed E-state index contributed by atoms with van der Waals surface area (Å²) in [7, 11) is 0. The number of hydrogen-bond acceptors (Lipinski definition) is 3. The number of hydrogen-bond donors (Lipinski definition) is 3. The fourth-order valence-electron chi connectivity index (χ4n) is 3.60. The summed E-state index contributed by atoms with van der Waals surface area (Å²) in [5.41, 5.74) is 5.49. The molecule has 0 aromatic rings. The van der Waals surface area contributed by atoms with Gasteiger partial charge in [-0.25, -0.2) is 0 Å².